The van der Waals surface area contributed by atoms with Crippen LogP contribution in [-0.2, 0) is 6.54 Å². The third-order valence-electron chi connectivity index (χ3n) is 5.30. The topological polar surface area (TPSA) is 35.6 Å². The predicted octanol–water partition coefficient (Wildman–Crippen LogP) is 4.54. The molecule has 6 heteroatoms. The molecule has 4 nitrogen and oxygen atoms in total. The Bertz CT molecular complexity index is 980. The van der Waals surface area contributed by atoms with Crippen molar-refractivity contribution in [3.8, 4) is 0 Å². The fourth-order valence-corrected chi connectivity index (χ4v) is 3.66. The van der Waals surface area contributed by atoms with Crippen LogP contribution in [0.25, 0.3) is 0 Å². The number of carbonyl (C=O) groups is 1. The second-order valence-corrected chi connectivity index (χ2v) is 7.35. The largest absolute Gasteiger partial charge is 0.369 e. The molecule has 1 saturated heterocycles. The first-order valence-electron chi connectivity index (χ1n) is 9.97. The number of piperazine rings is 1. The van der Waals surface area contributed by atoms with Gasteiger partial charge in [0.2, 0.25) is 0 Å². The number of hydrogen-bond acceptors (Lipinski definition) is 3. The van der Waals surface area contributed by atoms with E-state index in [1.165, 1.54) is 11.8 Å². The number of para-hydroxylation sites is 1. The first-order chi connectivity index (χ1) is 14.6. The van der Waals surface area contributed by atoms with Crippen molar-refractivity contribution in [2.75, 3.05) is 36.4 Å². The summed E-state index contributed by atoms with van der Waals surface area (Å²) < 4.78 is 27.5. The van der Waals surface area contributed by atoms with Crippen LogP contribution in [0.5, 0.6) is 0 Å². The SMILES string of the molecule is O=C(Nc1ccc(CN2CCN(c3ccccc3)CC2)cc1)c1c(F)cccc1F. The molecular weight excluding hydrogens is 384 g/mol. The van der Waals surface area contributed by atoms with Crippen molar-refractivity contribution in [2.45, 2.75) is 6.54 Å². The quantitative estimate of drug-likeness (QED) is 0.675. The Morgan fingerprint density at radius 3 is 2.07 bits per heavy atom. The molecule has 1 aliphatic rings. The van der Waals surface area contributed by atoms with Gasteiger partial charge in [-0.1, -0.05) is 36.4 Å². The summed E-state index contributed by atoms with van der Waals surface area (Å²) in [6.45, 7) is 4.72. The van der Waals surface area contributed by atoms with Crippen LogP contribution in [0.4, 0.5) is 20.2 Å². The molecule has 0 saturated carbocycles. The minimum Gasteiger partial charge on any atom is -0.369 e. The molecule has 1 fully saturated rings. The van der Waals surface area contributed by atoms with Gasteiger partial charge in [-0.2, -0.15) is 0 Å². The molecule has 30 heavy (non-hydrogen) atoms. The van der Waals surface area contributed by atoms with Gasteiger partial charge in [0.25, 0.3) is 5.91 Å². The lowest BCUT2D eigenvalue weighted by Crippen LogP contribution is -2.45. The third kappa shape index (κ3) is 4.66. The van der Waals surface area contributed by atoms with E-state index in [1.54, 1.807) is 12.1 Å². The van der Waals surface area contributed by atoms with Gasteiger partial charge in [0.1, 0.15) is 17.2 Å². The van der Waals surface area contributed by atoms with Crippen molar-refractivity contribution in [3.63, 3.8) is 0 Å². The predicted molar refractivity (Wildman–Crippen MR) is 115 cm³/mol. The number of hydrogen-bond donors (Lipinski definition) is 1. The molecule has 4 rings (SSSR count). The second kappa shape index (κ2) is 9.05. The van der Waals surface area contributed by atoms with Gasteiger partial charge in [-0.3, -0.25) is 9.69 Å². The van der Waals surface area contributed by atoms with Crippen LogP contribution < -0.4 is 10.2 Å². The fourth-order valence-electron chi connectivity index (χ4n) is 3.66. The van der Waals surface area contributed by atoms with Crippen molar-refractivity contribution in [2.24, 2.45) is 0 Å². The number of nitrogens with zero attached hydrogens (tertiary/aromatic N) is 2. The van der Waals surface area contributed by atoms with E-state index in [4.69, 9.17) is 0 Å². The van der Waals surface area contributed by atoms with Crippen LogP contribution in [0.15, 0.2) is 72.8 Å². The number of benzene rings is 3. The van der Waals surface area contributed by atoms with Crippen LogP contribution in [0.3, 0.4) is 0 Å². The number of halogens is 2. The normalized spacial score (nSPS) is 14.5. The lowest BCUT2D eigenvalue weighted by Gasteiger charge is -2.36. The molecule has 3 aromatic carbocycles. The highest BCUT2D eigenvalue weighted by molar-refractivity contribution is 6.04. The first kappa shape index (κ1) is 20.0. The Labute approximate surface area is 174 Å². The average Bonchev–Trinajstić information content (AvgIpc) is 2.76. The van der Waals surface area contributed by atoms with Crippen LogP contribution in [-0.4, -0.2) is 37.0 Å². The van der Waals surface area contributed by atoms with Gasteiger partial charge >= 0.3 is 0 Å². The van der Waals surface area contributed by atoms with Gasteiger partial charge in [-0.15, -0.1) is 0 Å². The maximum atomic E-state index is 13.8. The molecular formula is C24H23F2N3O. The molecule has 0 spiro atoms. The maximum Gasteiger partial charge on any atom is 0.261 e. The summed E-state index contributed by atoms with van der Waals surface area (Å²) in [5, 5.41) is 2.56. The van der Waals surface area contributed by atoms with E-state index in [2.05, 4.69) is 39.4 Å². The summed E-state index contributed by atoms with van der Waals surface area (Å²) in [5.41, 5.74) is 2.31. The number of nitrogens with one attached hydrogen (secondary N) is 1. The lowest BCUT2D eigenvalue weighted by atomic mass is 10.1. The summed E-state index contributed by atoms with van der Waals surface area (Å²) >= 11 is 0. The summed E-state index contributed by atoms with van der Waals surface area (Å²) in [6.07, 6.45) is 0. The molecule has 0 radical (unpaired) electrons. The van der Waals surface area contributed by atoms with E-state index in [9.17, 15) is 13.6 Å². The molecule has 0 aromatic heterocycles. The van der Waals surface area contributed by atoms with Gasteiger partial charge in [0, 0.05) is 44.1 Å². The van der Waals surface area contributed by atoms with Crippen LogP contribution in [0, 0.1) is 11.6 Å². The molecule has 1 amide bonds. The Hall–Kier alpha value is -3.25. The van der Waals surface area contributed by atoms with Crippen LogP contribution in [0.1, 0.15) is 15.9 Å². The number of anilines is 2. The molecule has 0 bridgehead atoms. The lowest BCUT2D eigenvalue weighted by molar-refractivity contribution is 0.101. The van der Waals surface area contributed by atoms with Gasteiger partial charge in [-0.05, 0) is 42.0 Å². The summed E-state index contributed by atoms with van der Waals surface area (Å²) in [6, 6.07) is 21.1. The minimum atomic E-state index is -0.876. The molecule has 1 N–H and O–H groups in total. The molecule has 154 valence electrons. The zero-order valence-electron chi connectivity index (χ0n) is 16.5. The molecule has 1 aliphatic heterocycles. The summed E-state index contributed by atoms with van der Waals surface area (Å²) in [5.74, 6) is -2.55. The fraction of sp³-hybridized carbons (Fsp3) is 0.208. The molecule has 0 aliphatic carbocycles. The van der Waals surface area contributed by atoms with E-state index < -0.39 is 23.1 Å². The Kier molecular flexibility index (Phi) is 6.05. The highest BCUT2D eigenvalue weighted by Crippen LogP contribution is 2.19. The Morgan fingerprint density at radius 2 is 1.43 bits per heavy atom. The second-order valence-electron chi connectivity index (χ2n) is 7.35. The summed E-state index contributed by atoms with van der Waals surface area (Å²) in [7, 11) is 0. The smallest absolute Gasteiger partial charge is 0.261 e. The van der Waals surface area contributed by atoms with Crippen LogP contribution in [0.2, 0.25) is 0 Å². The van der Waals surface area contributed by atoms with Gasteiger partial charge in [0.05, 0.1) is 0 Å². The third-order valence-corrected chi connectivity index (χ3v) is 5.30. The monoisotopic (exact) mass is 407 g/mol. The molecule has 1 heterocycles. The zero-order valence-corrected chi connectivity index (χ0v) is 16.5. The van der Waals surface area contributed by atoms with E-state index >= 15 is 0 Å². The summed E-state index contributed by atoms with van der Waals surface area (Å²) in [4.78, 5) is 17.0. The van der Waals surface area contributed by atoms with E-state index in [-0.39, 0.29) is 0 Å². The van der Waals surface area contributed by atoms with Crippen molar-refractivity contribution in [3.05, 3.63) is 95.6 Å². The standard InChI is InChI=1S/C24H23F2N3O/c25-21-7-4-8-22(26)23(21)24(30)27-19-11-9-18(10-12-19)17-28-13-15-29(16-14-28)20-5-2-1-3-6-20/h1-12H,13-17H2,(H,27,30). The Balaban J connectivity index is 1.32. The van der Waals surface area contributed by atoms with Crippen molar-refractivity contribution >= 4 is 17.3 Å². The maximum absolute atomic E-state index is 13.8. The number of carbonyl (C=O) groups excluding carboxylic acids is 1. The van der Waals surface area contributed by atoms with Gasteiger partial charge < -0.3 is 10.2 Å². The molecule has 0 unspecified atom stereocenters. The van der Waals surface area contributed by atoms with E-state index in [1.807, 2.05) is 18.2 Å². The highest BCUT2D eigenvalue weighted by Gasteiger charge is 2.18. The zero-order chi connectivity index (χ0) is 20.9. The average molecular weight is 407 g/mol. The number of rotatable bonds is 5. The van der Waals surface area contributed by atoms with Gasteiger partial charge in [0.15, 0.2) is 0 Å². The number of amides is 1. The van der Waals surface area contributed by atoms with Crippen molar-refractivity contribution in [1.29, 1.82) is 0 Å². The van der Waals surface area contributed by atoms with Gasteiger partial charge in [-0.25, -0.2) is 8.78 Å². The minimum absolute atomic E-state index is 0.500. The van der Waals surface area contributed by atoms with Crippen molar-refractivity contribution < 1.29 is 13.6 Å². The molecule has 3 aromatic rings. The highest BCUT2D eigenvalue weighted by atomic mass is 19.1. The van der Waals surface area contributed by atoms with Crippen molar-refractivity contribution in [1.82, 2.24) is 4.90 Å². The first-order valence-corrected chi connectivity index (χ1v) is 9.97. The molecule has 0 atom stereocenters. The Morgan fingerprint density at radius 1 is 0.800 bits per heavy atom. The van der Waals surface area contributed by atoms with E-state index in [0.717, 1.165) is 50.4 Å². The van der Waals surface area contributed by atoms with Crippen LogP contribution >= 0.6 is 0 Å². The van der Waals surface area contributed by atoms with E-state index in [0.29, 0.717) is 5.69 Å².